The summed E-state index contributed by atoms with van der Waals surface area (Å²) in [7, 11) is 0. The second-order valence-electron chi connectivity index (χ2n) is 7.21. The molecule has 0 atom stereocenters. The van der Waals surface area contributed by atoms with Gasteiger partial charge in [-0.1, -0.05) is 26.0 Å². The van der Waals surface area contributed by atoms with Crippen molar-refractivity contribution in [2.75, 3.05) is 31.5 Å². The molecule has 0 aliphatic heterocycles. The lowest BCUT2D eigenvalue weighted by Crippen LogP contribution is -2.29. The van der Waals surface area contributed by atoms with Crippen LogP contribution >= 0.6 is 0 Å². The van der Waals surface area contributed by atoms with Gasteiger partial charge in [-0.25, -0.2) is 4.98 Å². The number of rotatable bonds is 6. The normalized spacial score (nSPS) is 13.9. The maximum absolute atomic E-state index is 9.89. The first-order valence-corrected chi connectivity index (χ1v) is 10.1. The second-order valence-corrected chi connectivity index (χ2v) is 7.21. The van der Waals surface area contributed by atoms with Crippen LogP contribution in [0.4, 0.5) is 5.82 Å². The topological polar surface area (TPSA) is 56.4 Å². The van der Waals surface area contributed by atoms with Gasteiger partial charge in [-0.2, -0.15) is 5.26 Å². The number of likely N-dealkylation sites (N-methyl/N-ethyl adjacent to an activating group) is 1. The fraction of sp³-hybridized carbons (Fsp3) is 0.455. The molecule has 0 unspecified atom stereocenters. The van der Waals surface area contributed by atoms with Crippen molar-refractivity contribution in [2.24, 2.45) is 0 Å². The molecular weight excluding hydrogens is 334 g/mol. The predicted octanol–water partition coefficient (Wildman–Crippen LogP) is 3.99. The molecule has 0 fully saturated rings. The molecule has 0 radical (unpaired) electrons. The molecule has 1 aromatic carbocycles. The van der Waals surface area contributed by atoms with Crippen LogP contribution in [0.2, 0.25) is 0 Å². The van der Waals surface area contributed by atoms with Crippen molar-refractivity contribution < 1.29 is 0 Å². The van der Waals surface area contributed by atoms with Crippen molar-refractivity contribution in [3.05, 3.63) is 41.0 Å². The van der Waals surface area contributed by atoms with Gasteiger partial charge in [0.05, 0.1) is 16.6 Å². The summed E-state index contributed by atoms with van der Waals surface area (Å²) in [4.78, 5) is 7.24. The van der Waals surface area contributed by atoms with Crippen LogP contribution in [0.1, 0.15) is 43.4 Å². The average molecular weight is 361 g/mol. The molecular formula is C22H27N5. The molecule has 5 heteroatoms. The van der Waals surface area contributed by atoms with E-state index < -0.39 is 0 Å². The summed E-state index contributed by atoms with van der Waals surface area (Å²) in [6, 6.07) is 10.6. The van der Waals surface area contributed by atoms with Crippen molar-refractivity contribution in [3.8, 4) is 6.07 Å². The standard InChI is InChI=1S/C22H27N5/c1-3-26(4-2)14-13-24-21-17-10-6-5-9-16(17)18(15-23)22-25-19-11-7-8-12-20(19)27(21)22/h7-8,11-12,24H,3-6,9-10,13-14H2,1-2H3. The van der Waals surface area contributed by atoms with E-state index in [1.165, 1.54) is 17.5 Å². The van der Waals surface area contributed by atoms with E-state index in [4.69, 9.17) is 4.98 Å². The Hall–Kier alpha value is -2.58. The molecule has 0 amide bonds. The molecule has 0 saturated carbocycles. The molecule has 0 saturated heterocycles. The molecule has 0 spiro atoms. The smallest absolute Gasteiger partial charge is 0.157 e. The zero-order chi connectivity index (χ0) is 18.8. The van der Waals surface area contributed by atoms with Gasteiger partial charge in [0.1, 0.15) is 11.9 Å². The number of hydrogen-bond acceptors (Lipinski definition) is 4. The summed E-state index contributed by atoms with van der Waals surface area (Å²) in [6.07, 6.45) is 4.33. The van der Waals surface area contributed by atoms with Gasteiger partial charge in [0.2, 0.25) is 0 Å². The first-order chi connectivity index (χ1) is 13.3. The Labute approximate surface area is 160 Å². The lowest BCUT2D eigenvalue weighted by atomic mass is 9.89. The van der Waals surface area contributed by atoms with Gasteiger partial charge in [0.15, 0.2) is 5.65 Å². The van der Waals surface area contributed by atoms with Gasteiger partial charge in [0, 0.05) is 13.1 Å². The first-order valence-electron chi connectivity index (χ1n) is 10.1. The van der Waals surface area contributed by atoms with Crippen LogP contribution in [-0.2, 0) is 12.8 Å². The number of para-hydroxylation sites is 2. The van der Waals surface area contributed by atoms with Gasteiger partial charge >= 0.3 is 0 Å². The van der Waals surface area contributed by atoms with E-state index in [1.807, 2.05) is 18.2 Å². The molecule has 1 aliphatic carbocycles. The Balaban J connectivity index is 1.88. The molecule has 3 aromatic rings. The summed E-state index contributed by atoms with van der Waals surface area (Å²) in [5.74, 6) is 1.14. The van der Waals surface area contributed by atoms with Crippen molar-refractivity contribution in [3.63, 3.8) is 0 Å². The van der Waals surface area contributed by atoms with Gasteiger partial charge in [-0.05, 0) is 62.0 Å². The summed E-state index contributed by atoms with van der Waals surface area (Å²) in [6.45, 7) is 8.43. The van der Waals surface area contributed by atoms with Gasteiger partial charge < -0.3 is 10.2 Å². The third-order valence-electron chi connectivity index (χ3n) is 5.79. The highest BCUT2D eigenvalue weighted by Crippen LogP contribution is 2.35. The SMILES string of the molecule is CCN(CC)CCNc1c2c(c(C#N)c3nc4ccccc4n13)CCCC2. The quantitative estimate of drug-likeness (QED) is 0.721. The van der Waals surface area contributed by atoms with Crippen molar-refractivity contribution in [1.29, 1.82) is 5.26 Å². The van der Waals surface area contributed by atoms with E-state index in [-0.39, 0.29) is 0 Å². The lowest BCUT2D eigenvalue weighted by molar-refractivity contribution is 0.316. The summed E-state index contributed by atoms with van der Waals surface area (Å²) in [5.41, 5.74) is 6.09. The number of hydrogen-bond donors (Lipinski definition) is 1. The van der Waals surface area contributed by atoms with Gasteiger partial charge in [-0.15, -0.1) is 0 Å². The molecule has 4 rings (SSSR count). The minimum Gasteiger partial charge on any atom is -0.370 e. The first kappa shape index (κ1) is 17.8. The number of nitriles is 1. The van der Waals surface area contributed by atoms with Crippen LogP contribution in [0.3, 0.4) is 0 Å². The molecule has 2 aromatic heterocycles. The highest BCUT2D eigenvalue weighted by molar-refractivity contribution is 5.86. The molecule has 27 heavy (non-hydrogen) atoms. The number of nitrogens with zero attached hydrogens (tertiary/aromatic N) is 4. The zero-order valence-electron chi connectivity index (χ0n) is 16.3. The molecule has 1 aliphatic rings. The van der Waals surface area contributed by atoms with Crippen LogP contribution in [0.15, 0.2) is 24.3 Å². The van der Waals surface area contributed by atoms with E-state index in [0.29, 0.717) is 0 Å². The van der Waals surface area contributed by atoms with E-state index in [2.05, 4.69) is 40.6 Å². The van der Waals surface area contributed by atoms with E-state index >= 15 is 0 Å². The Morgan fingerprint density at radius 1 is 1.15 bits per heavy atom. The molecule has 5 nitrogen and oxygen atoms in total. The van der Waals surface area contributed by atoms with Crippen LogP contribution in [0.5, 0.6) is 0 Å². The van der Waals surface area contributed by atoms with Gasteiger partial charge in [0.25, 0.3) is 0 Å². The van der Waals surface area contributed by atoms with Gasteiger partial charge in [-0.3, -0.25) is 4.40 Å². The Kier molecular flexibility index (Phi) is 5.00. The maximum Gasteiger partial charge on any atom is 0.157 e. The molecule has 2 heterocycles. The number of pyridine rings is 1. The van der Waals surface area contributed by atoms with Crippen LogP contribution < -0.4 is 5.32 Å². The van der Waals surface area contributed by atoms with E-state index in [0.717, 1.165) is 73.5 Å². The average Bonchev–Trinajstić information content (AvgIpc) is 3.10. The summed E-state index contributed by atoms with van der Waals surface area (Å²) < 4.78 is 2.18. The number of benzene rings is 1. The predicted molar refractivity (Wildman–Crippen MR) is 110 cm³/mol. The second kappa shape index (κ2) is 7.58. The maximum atomic E-state index is 9.89. The Bertz CT molecular complexity index is 1010. The number of aromatic nitrogens is 2. The van der Waals surface area contributed by atoms with Crippen molar-refractivity contribution in [1.82, 2.24) is 14.3 Å². The lowest BCUT2D eigenvalue weighted by Gasteiger charge is -2.24. The van der Waals surface area contributed by atoms with Crippen LogP contribution in [0, 0.1) is 11.3 Å². The zero-order valence-corrected chi connectivity index (χ0v) is 16.3. The molecule has 1 N–H and O–H groups in total. The number of imidazole rings is 1. The van der Waals surface area contributed by atoms with Crippen molar-refractivity contribution >= 4 is 22.5 Å². The third-order valence-corrected chi connectivity index (χ3v) is 5.79. The van der Waals surface area contributed by atoms with Crippen molar-refractivity contribution in [2.45, 2.75) is 39.5 Å². The molecule has 0 bridgehead atoms. The summed E-state index contributed by atoms with van der Waals surface area (Å²) in [5, 5.41) is 13.6. The van der Waals surface area contributed by atoms with Crippen LogP contribution in [-0.4, -0.2) is 40.5 Å². The third kappa shape index (κ3) is 3.04. The van der Waals surface area contributed by atoms with Crippen LogP contribution in [0.25, 0.3) is 16.7 Å². The fourth-order valence-electron chi connectivity index (χ4n) is 4.31. The largest absolute Gasteiger partial charge is 0.370 e. The Morgan fingerprint density at radius 2 is 1.89 bits per heavy atom. The molecule has 140 valence electrons. The number of anilines is 1. The number of nitrogens with one attached hydrogen (secondary N) is 1. The Morgan fingerprint density at radius 3 is 2.63 bits per heavy atom. The minimum absolute atomic E-state index is 0.759. The van der Waals surface area contributed by atoms with E-state index in [9.17, 15) is 5.26 Å². The highest BCUT2D eigenvalue weighted by atomic mass is 15.2. The highest BCUT2D eigenvalue weighted by Gasteiger charge is 2.24. The number of fused-ring (bicyclic) bond motifs is 4. The van der Waals surface area contributed by atoms with E-state index in [1.54, 1.807) is 0 Å². The summed E-state index contributed by atoms with van der Waals surface area (Å²) >= 11 is 0. The fourth-order valence-corrected chi connectivity index (χ4v) is 4.31. The monoisotopic (exact) mass is 361 g/mol. The minimum atomic E-state index is 0.759.